The molecule has 0 aliphatic carbocycles. The van der Waals surface area contributed by atoms with Gasteiger partial charge < -0.3 is 16.0 Å². The van der Waals surface area contributed by atoms with Gasteiger partial charge in [0.25, 0.3) is 0 Å². The zero-order valence-corrected chi connectivity index (χ0v) is 24.9. The lowest BCUT2D eigenvalue weighted by atomic mass is 9.84. The molecular weight excluding hydrogens is 543 g/mol. The van der Waals surface area contributed by atoms with Gasteiger partial charge in [-0.15, -0.1) is 0 Å². The van der Waals surface area contributed by atoms with E-state index in [0.29, 0.717) is 6.67 Å². The van der Waals surface area contributed by atoms with Crippen LogP contribution in [-0.2, 0) is 0 Å². The average Bonchev–Trinajstić information content (AvgIpc) is 3.06. The zero-order chi connectivity index (χ0) is 29.0. The molecule has 4 heteroatoms. The van der Waals surface area contributed by atoms with Gasteiger partial charge in [-0.1, -0.05) is 121 Å². The van der Waals surface area contributed by atoms with Crippen molar-refractivity contribution in [2.45, 2.75) is 15.7 Å². The van der Waals surface area contributed by atoms with Gasteiger partial charge in [-0.25, -0.2) is 0 Å². The molecule has 3 N–H and O–H groups in total. The number of anilines is 3. The van der Waals surface area contributed by atoms with E-state index in [1.54, 1.807) is 0 Å². The lowest BCUT2D eigenvalue weighted by Gasteiger charge is -2.23. The first-order valence-corrected chi connectivity index (χ1v) is 15.5. The van der Waals surface area contributed by atoms with Gasteiger partial charge in [0.05, 0.1) is 6.67 Å². The van der Waals surface area contributed by atoms with Crippen LogP contribution in [0.1, 0.15) is 22.6 Å². The summed E-state index contributed by atoms with van der Waals surface area (Å²) in [6.07, 6.45) is 0. The third-order valence-electron chi connectivity index (χ3n) is 8.00. The van der Waals surface area contributed by atoms with E-state index < -0.39 is 0 Å². The first-order chi connectivity index (χ1) is 21.3. The van der Waals surface area contributed by atoms with Crippen LogP contribution < -0.4 is 16.0 Å². The van der Waals surface area contributed by atoms with Gasteiger partial charge in [-0.05, 0) is 76.8 Å². The predicted molar refractivity (Wildman–Crippen MR) is 183 cm³/mol. The smallest absolute Gasteiger partial charge is 0.0650 e. The fourth-order valence-corrected chi connectivity index (χ4v) is 7.09. The molecule has 43 heavy (non-hydrogen) atoms. The van der Waals surface area contributed by atoms with Crippen molar-refractivity contribution in [1.82, 2.24) is 5.32 Å². The molecule has 7 rings (SSSR count). The van der Waals surface area contributed by atoms with Crippen molar-refractivity contribution < 1.29 is 0 Å². The molecule has 6 aromatic rings. The van der Waals surface area contributed by atoms with Crippen molar-refractivity contribution in [1.29, 1.82) is 0 Å². The molecule has 1 heterocycles. The maximum Gasteiger partial charge on any atom is 0.0650 e. The maximum absolute atomic E-state index is 3.73. The van der Waals surface area contributed by atoms with Crippen molar-refractivity contribution in [3.63, 3.8) is 0 Å². The van der Waals surface area contributed by atoms with Crippen molar-refractivity contribution in [3.05, 3.63) is 162 Å². The standard InChI is InChI=1S/C39H33N3S/c1-40-26-41-35-16-8-6-15-34(35)39(27-11-3-2-4-12-27)28-19-22-30(23-20-28)42-36-17-9-5-14-32(36)33-24-21-29-25-38(33)43-37-18-10-7-13-31(29)37/h2-25,39-42H,26H2,1H3. The molecule has 1 aliphatic heterocycles. The molecule has 6 aromatic carbocycles. The van der Waals surface area contributed by atoms with Crippen LogP contribution >= 0.6 is 11.8 Å². The minimum Gasteiger partial charge on any atom is -0.372 e. The van der Waals surface area contributed by atoms with Gasteiger partial charge in [-0.2, -0.15) is 0 Å². The Bertz CT molecular complexity index is 1860. The van der Waals surface area contributed by atoms with E-state index in [-0.39, 0.29) is 5.92 Å². The molecule has 0 saturated carbocycles. The zero-order valence-electron chi connectivity index (χ0n) is 24.0. The van der Waals surface area contributed by atoms with Gasteiger partial charge in [0.2, 0.25) is 0 Å². The fourth-order valence-electron chi connectivity index (χ4n) is 5.94. The minimum absolute atomic E-state index is 0.106. The van der Waals surface area contributed by atoms with Crippen molar-refractivity contribution in [3.8, 4) is 22.3 Å². The normalized spacial score (nSPS) is 12.3. The van der Waals surface area contributed by atoms with Crippen LogP contribution in [0.4, 0.5) is 17.1 Å². The number of nitrogens with one attached hydrogen (secondary N) is 3. The Morgan fingerprint density at radius 1 is 0.558 bits per heavy atom. The Morgan fingerprint density at radius 3 is 2.05 bits per heavy atom. The van der Waals surface area contributed by atoms with Crippen LogP contribution in [0.3, 0.4) is 0 Å². The Labute approximate surface area is 258 Å². The summed E-state index contributed by atoms with van der Waals surface area (Å²) in [6.45, 7) is 0.705. The molecule has 0 spiro atoms. The molecule has 1 atom stereocenters. The van der Waals surface area contributed by atoms with Gasteiger partial charge in [0.1, 0.15) is 0 Å². The lowest BCUT2D eigenvalue weighted by molar-refractivity contribution is 0.868. The van der Waals surface area contributed by atoms with E-state index >= 15 is 0 Å². The quantitative estimate of drug-likeness (QED) is 0.118. The highest BCUT2D eigenvalue weighted by molar-refractivity contribution is 7.99. The average molecular weight is 576 g/mol. The van der Waals surface area contributed by atoms with E-state index in [0.717, 1.165) is 17.1 Å². The van der Waals surface area contributed by atoms with E-state index in [2.05, 4.69) is 162 Å². The Morgan fingerprint density at radius 2 is 1.23 bits per heavy atom. The summed E-state index contributed by atoms with van der Waals surface area (Å²) in [5, 5.41) is 10.5. The van der Waals surface area contributed by atoms with E-state index in [1.165, 1.54) is 48.7 Å². The van der Waals surface area contributed by atoms with Gasteiger partial charge in [0.15, 0.2) is 0 Å². The molecule has 1 aliphatic rings. The summed E-state index contributed by atoms with van der Waals surface area (Å²) in [6, 6.07) is 52.4. The van der Waals surface area contributed by atoms with Crippen LogP contribution in [0.15, 0.2) is 155 Å². The fraction of sp³-hybridized carbons (Fsp3) is 0.0769. The molecule has 210 valence electrons. The molecule has 2 bridgehead atoms. The maximum atomic E-state index is 3.73. The van der Waals surface area contributed by atoms with Crippen molar-refractivity contribution >= 4 is 28.8 Å². The first-order valence-electron chi connectivity index (χ1n) is 14.7. The molecule has 0 amide bonds. The summed E-state index contributed by atoms with van der Waals surface area (Å²) in [4.78, 5) is 2.60. The second-order valence-corrected chi connectivity index (χ2v) is 11.8. The van der Waals surface area contributed by atoms with Crippen LogP contribution in [0.25, 0.3) is 22.3 Å². The third kappa shape index (κ3) is 5.55. The van der Waals surface area contributed by atoms with Crippen molar-refractivity contribution in [2.24, 2.45) is 0 Å². The van der Waals surface area contributed by atoms with Crippen LogP contribution in [-0.4, -0.2) is 13.7 Å². The van der Waals surface area contributed by atoms with E-state index in [1.807, 2.05) is 18.8 Å². The molecule has 0 fully saturated rings. The topological polar surface area (TPSA) is 36.1 Å². The lowest BCUT2D eigenvalue weighted by Crippen LogP contribution is -2.18. The number of fused-ring (bicyclic) bond motifs is 4. The highest BCUT2D eigenvalue weighted by Gasteiger charge is 2.21. The Kier molecular flexibility index (Phi) is 7.70. The minimum atomic E-state index is 0.106. The van der Waals surface area contributed by atoms with Gasteiger partial charge in [-0.3, -0.25) is 0 Å². The second kappa shape index (κ2) is 12.2. The summed E-state index contributed by atoms with van der Waals surface area (Å²) in [7, 11) is 1.96. The van der Waals surface area contributed by atoms with Crippen LogP contribution in [0, 0.1) is 0 Å². The number of rotatable bonds is 9. The number of hydrogen-bond acceptors (Lipinski definition) is 4. The second-order valence-electron chi connectivity index (χ2n) is 10.7. The highest BCUT2D eigenvalue weighted by Crippen LogP contribution is 2.47. The Hall–Kier alpha value is -4.77. The summed E-state index contributed by atoms with van der Waals surface area (Å²) >= 11 is 1.85. The SMILES string of the molecule is CNCNc1ccccc1C(c1ccccc1)c1ccc(Nc2ccccc2-c2ccc3cc2Sc2ccccc2-3)cc1. The summed E-state index contributed by atoms with van der Waals surface area (Å²) < 4.78 is 0. The molecular formula is C39H33N3S. The van der Waals surface area contributed by atoms with Crippen LogP contribution in [0.5, 0.6) is 0 Å². The number of para-hydroxylation sites is 2. The van der Waals surface area contributed by atoms with Crippen LogP contribution in [0.2, 0.25) is 0 Å². The van der Waals surface area contributed by atoms with E-state index in [4.69, 9.17) is 0 Å². The largest absolute Gasteiger partial charge is 0.372 e. The predicted octanol–water partition coefficient (Wildman–Crippen LogP) is 10.00. The summed E-state index contributed by atoms with van der Waals surface area (Å²) in [5.41, 5.74) is 12.1. The molecule has 3 nitrogen and oxygen atoms in total. The molecule has 0 aromatic heterocycles. The van der Waals surface area contributed by atoms with Crippen molar-refractivity contribution in [2.75, 3.05) is 24.3 Å². The summed E-state index contributed by atoms with van der Waals surface area (Å²) in [5.74, 6) is 0.106. The van der Waals surface area contributed by atoms with Gasteiger partial charge >= 0.3 is 0 Å². The monoisotopic (exact) mass is 575 g/mol. The molecule has 0 radical (unpaired) electrons. The molecule has 1 unspecified atom stereocenters. The Balaban J connectivity index is 1.20. The first kappa shape index (κ1) is 27.1. The van der Waals surface area contributed by atoms with Gasteiger partial charge in [0, 0.05) is 38.3 Å². The number of hydrogen-bond donors (Lipinski definition) is 3. The molecule has 0 saturated heterocycles. The van der Waals surface area contributed by atoms with E-state index in [9.17, 15) is 0 Å². The third-order valence-corrected chi connectivity index (χ3v) is 9.13. The highest BCUT2D eigenvalue weighted by atomic mass is 32.2. The number of benzene rings is 6.